The summed E-state index contributed by atoms with van der Waals surface area (Å²) in [5, 5.41) is 11.1. The molecule has 2 rings (SSSR count). The molecule has 0 spiro atoms. The second-order valence-electron chi connectivity index (χ2n) is 4.17. The van der Waals surface area contributed by atoms with Gasteiger partial charge in [0.1, 0.15) is 5.82 Å². The van der Waals surface area contributed by atoms with E-state index in [4.69, 9.17) is 5.11 Å². The van der Waals surface area contributed by atoms with Gasteiger partial charge in [0.2, 0.25) is 0 Å². The average Bonchev–Trinajstić information content (AvgIpc) is 2.46. The van der Waals surface area contributed by atoms with Crippen molar-refractivity contribution in [1.29, 1.82) is 0 Å². The summed E-state index contributed by atoms with van der Waals surface area (Å²) in [6.07, 6.45) is 0. The van der Waals surface area contributed by atoms with Crippen molar-refractivity contribution in [3.63, 3.8) is 0 Å². The third kappa shape index (κ3) is 3.20. The summed E-state index contributed by atoms with van der Waals surface area (Å²) in [4.78, 5) is 22.1. The third-order valence-corrected chi connectivity index (χ3v) is 2.81. The maximum atomic E-state index is 13.0. The lowest BCUT2D eigenvalue weighted by atomic mass is 9.98. The molecule has 0 fully saturated rings. The Morgan fingerprint density at radius 3 is 2.05 bits per heavy atom. The predicted molar refractivity (Wildman–Crippen MR) is 70.5 cm³/mol. The summed E-state index contributed by atoms with van der Waals surface area (Å²) in [6, 6.07) is 13.8. The lowest BCUT2D eigenvalue weighted by Gasteiger charge is -2.18. The summed E-state index contributed by atoms with van der Waals surface area (Å²) < 4.78 is 13.0. The van der Waals surface area contributed by atoms with Gasteiger partial charge in [-0.2, -0.15) is 0 Å². The van der Waals surface area contributed by atoms with Crippen LogP contribution in [-0.4, -0.2) is 17.0 Å². The lowest BCUT2D eigenvalue weighted by molar-refractivity contribution is -0.150. The van der Waals surface area contributed by atoms with Gasteiger partial charge < -0.3 is 10.4 Å². The number of rotatable bonds is 3. The van der Waals surface area contributed by atoms with Gasteiger partial charge in [-0.15, -0.1) is 0 Å². The molecule has 2 aromatic rings. The van der Waals surface area contributed by atoms with Crippen molar-refractivity contribution in [3.05, 3.63) is 71.5 Å². The highest BCUT2D eigenvalue weighted by Crippen LogP contribution is 2.22. The number of carboxylic acid groups (broad SMARTS) is 1. The molecule has 1 amide bonds. The first-order valence-corrected chi connectivity index (χ1v) is 5.92. The van der Waals surface area contributed by atoms with E-state index in [0.29, 0.717) is 11.1 Å². The van der Waals surface area contributed by atoms with Crippen LogP contribution < -0.4 is 5.32 Å². The minimum Gasteiger partial charge on any atom is -0.474 e. The second kappa shape index (κ2) is 5.97. The predicted octanol–water partition coefficient (Wildman–Crippen LogP) is 2.12. The van der Waals surface area contributed by atoms with Gasteiger partial charge in [0, 0.05) is 0 Å². The van der Waals surface area contributed by atoms with Gasteiger partial charge in [-0.3, -0.25) is 4.79 Å². The minimum atomic E-state index is -1.56. The molecule has 0 saturated heterocycles. The highest BCUT2D eigenvalue weighted by Gasteiger charge is 2.20. The van der Waals surface area contributed by atoms with Gasteiger partial charge in [0.05, 0.1) is 6.04 Å². The van der Waals surface area contributed by atoms with E-state index in [0.717, 1.165) is 0 Å². The van der Waals surface area contributed by atoms with Crippen molar-refractivity contribution in [2.45, 2.75) is 6.04 Å². The maximum absolute atomic E-state index is 13.0. The molecule has 0 radical (unpaired) electrons. The number of benzene rings is 2. The zero-order chi connectivity index (χ0) is 14.5. The molecule has 20 heavy (non-hydrogen) atoms. The molecule has 0 heterocycles. The molecule has 0 bridgehead atoms. The molecule has 0 saturated carbocycles. The molecule has 0 aliphatic heterocycles. The number of carbonyl (C=O) groups excluding carboxylic acids is 1. The minimum absolute atomic E-state index is 0.398. The number of nitrogens with one attached hydrogen (secondary N) is 1. The standard InChI is InChI=1S/C15H12FNO3/c16-12-8-6-11(7-9-12)13(17-14(18)15(19)20)10-4-2-1-3-5-10/h1-9,13H,(H,17,18)(H,19,20)/t13-/m0/s1. The zero-order valence-electron chi connectivity index (χ0n) is 10.4. The second-order valence-corrected chi connectivity index (χ2v) is 4.17. The van der Waals surface area contributed by atoms with Crippen molar-refractivity contribution < 1.29 is 19.1 Å². The Labute approximate surface area is 114 Å². The Morgan fingerprint density at radius 2 is 1.50 bits per heavy atom. The van der Waals surface area contributed by atoms with Crippen LogP contribution in [0.4, 0.5) is 4.39 Å². The Hall–Kier alpha value is -2.69. The lowest BCUT2D eigenvalue weighted by Crippen LogP contribution is -2.34. The summed E-state index contributed by atoms with van der Waals surface area (Å²) >= 11 is 0. The largest absolute Gasteiger partial charge is 0.474 e. The highest BCUT2D eigenvalue weighted by atomic mass is 19.1. The van der Waals surface area contributed by atoms with E-state index in [9.17, 15) is 14.0 Å². The van der Waals surface area contributed by atoms with Crippen molar-refractivity contribution in [1.82, 2.24) is 5.32 Å². The van der Waals surface area contributed by atoms with E-state index >= 15 is 0 Å². The molecule has 0 aliphatic carbocycles. The van der Waals surface area contributed by atoms with Crippen LogP contribution in [-0.2, 0) is 9.59 Å². The molecule has 0 aromatic heterocycles. The van der Waals surface area contributed by atoms with Crippen LogP contribution in [0.25, 0.3) is 0 Å². The first-order valence-electron chi connectivity index (χ1n) is 5.92. The number of carbonyl (C=O) groups is 2. The molecule has 2 N–H and O–H groups in total. The van der Waals surface area contributed by atoms with Crippen LogP contribution in [0, 0.1) is 5.82 Å². The van der Waals surface area contributed by atoms with Crippen molar-refractivity contribution in [3.8, 4) is 0 Å². The van der Waals surface area contributed by atoms with Crippen LogP contribution in [0.2, 0.25) is 0 Å². The van der Waals surface area contributed by atoms with Crippen LogP contribution in [0.5, 0.6) is 0 Å². The van der Waals surface area contributed by atoms with E-state index in [-0.39, 0.29) is 0 Å². The molecular formula is C15H12FNO3. The smallest absolute Gasteiger partial charge is 0.394 e. The zero-order valence-corrected chi connectivity index (χ0v) is 10.4. The van der Waals surface area contributed by atoms with Crippen LogP contribution >= 0.6 is 0 Å². The Balaban J connectivity index is 2.36. The highest BCUT2D eigenvalue weighted by molar-refractivity contribution is 6.31. The summed E-state index contributed by atoms with van der Waals surface area (Å²) in [5.74, 6) is -3.07. The van der Waals surface area contributed by atoms with E-state index in [1.165, 1.54) is 24.3 Å². The Bertz CT molecular complexity index is 611. The van der Waals surface area contributed by atoms with E-state index < -0.39 is 23.7 Å². The molecular weight excluding hydrogens is 261 g/mol. The number of amides is 1. The fourth-order valence-corrected chi connectivity index (χ4v) is 1.85. The first kappa shape index (κ1) is 13.7. The molecule has 4 nitrogen and oxygen atoms in total. The Kier molecular flexibility index (Phi) is 4.10. The van der Waals surface area contributed by atoms with Crippen molar-refractivity contribution in [2.24, 2.45) is 0 Å². The van der Waals surface area contributed by atoms with Crippen LogP contribution in [0.1, 0.15) is 17.2 Å². The van der Waals surface area contributed by atoms with Gasteiger partial charge in [-0.05, 0) is 23.3 Å². The molecule has 0 aliphatic rings. The van der Waals surface area contributed by atoms with Gasteiger partial charge in [0.25, 0.3) is 0 Å². The van der Waals surface area contributed by atoms with Crippen LogP contribution in [0.15, 0.2) is 54.6 Å². The number of halogens is 1. The van der Waals surface area contributed by atoms with Gasteiger partial charge in [-0.25, -0.2) is 9.18 Å². The third-order valence-electron chi connectivity index (χ3n) is 2.81. The number of carboxylic acids is 1. The molecule has 0 unspecified atom stereocenters. The Morgan fingerprint density at radius 1 is 0.950 bits per heavy atom. The molecule has 5 heteroatoms. The normalized spacial score (nSPS) is 11.7. The van der Waals surface area contributed by atoms with E-state index in [1.807, 2.05) is 6.07 Å². The van der Waals surface area contributed by atoms with Gasteiger partial charge in [-0.1, -0.05) is 42.5 Å². The summed E-state index contributed by atoms with van der Waals surface area (Å²) in [5.41, 5.74) is 1.32. The van der Waals surface area contributed by atoms with Crippen LogP contribution in [0.3, 0.4) is 0 Å². The van der Waals surface area contributed by atoms with E-state index in [2.05, 4.69) is 5.32 Å². The fourth-order valence-electron chi connectivity index (χ4n) is 1.85. The average molecular weight is 273 g/mol. The number of hydrogen-bond acceptors (Lipinski definition) is 2. The van der Waals surface area contributed by atoms with Gasteiger partial charge >= 0.3 is 11.9 Å². The monoisotopic (exact) mass is 273 g/mol. The molecule has 1 atom stereocenters. The fraction of sp³-hybridized carbons (Fsp3) is 0.0667. The number of hydrogen-bond donors (Lipinski definition) is 2. The van der Waals surface area contributed by atoms with Crippen molar-refractivity contribution >= 4 is 11.9 Å². The van der Waals surface area contributed by atoms with Gasteiger partial charge in [0.15, 0.2) is 0 Å². The molecule has 2 aromatic carbocycles. The number of aliphatic carboxylic acids is 1. The van der Waals surface area contributed by atoms with E-state index in [1.54, 1.807) is 24.3 Å². The van der Waals surface area contributed by atoms with Crippen molar-refractivity contribution in [2.75, 3.05) is 0 Å². The summed E-state index contributed by atoms with van der Waals surface area (Å²) in [6.45, 7) is 0. The topological polar surface area (TPSA) is 66.4 Å². The summed E-state index contributed by atoms with van der Waals surface area (Å²) in [7, 11) is 0. The molecule has 102 valence electrons. The quantitative estimate of drug-likeness (QED) is 0.842. The first-order chi connectivity index (χ1) is 9.58. The SMILES string of the molecule is O=C(O)C(=O)N[C@@H](c1ccccc1)c1ccc(F)cc1. The maximum Gasteiger partial charge on any atom is 0.394 e.